The largest absolute Gasteiger partial charge is 0.479 e. The molecule has 2 aliphatic heterocycles. The van der Waals surface area contributed by atoms with E-state index in [4.69, 9.17) is 14.9 Å². The summed E-state index contributed by atoms with van der Waals surface area (Å²) >= 11 is 0. The molecule has 3 heterocycles. The van der Waals surface area contributed by atoms with Crippen LogP contribution in [0.2, 0.25) is 0 Å². The third-order valence-electron chi connectivity index (χ3n) is 9.38. The molecular weight excluding hydrogens is 588 g/mol. The molecular formula is C34H46N6O6. The number of fused-ring (bicyclic) bond motifs is 3. The molecule has 0 radical (unpaired) electrons. The number of aliphatic carboxylic acids is 1. The number of carbonyl (C=O) groups excluding carboxylic acids is 3. The lowest BCUT2D eigenvalue weighted by atomic mass is 9.99. The van der Waals surface area contributed by atoms with E-state index in [1.807, 2.05) is 38.1 Å². The number of rotatable bonds is 5. The van der Waals surface area contributed by atoms with E-state index in [1.54, 1.807) is 25.6 Å². The number of hydrogen-bond acceptors (Lipinski definition) is 7. The molecule has 1 aromatic carbocycles. The maximum absolute atomic E-state index is 14.3. The minimum atomic E-state index is -1.41. The Balaban J connectivity index is 1.49. The Morgan fingerprint density at radius 2 is 1.96 bits per heavy atom. The number of carbonyl (C=O) groups is 4. The fourth-order valence-corrected chi connectivity index (χ4v) is 6.62. The SMILES string of the molecule is C=CCc1cc2nn([C@@H]3CC4C(=O)NC5(C(=O)O)CC5/C=C\CCCCCC(NC(=O)OC(C)(C)C)C(=O)N4C3)nc2c(C)c1C. The van der Waals surface area contributed by atoms with Crippen molar-refractivity contribution >= 4 is 34.9 Å². The average molecular weight is 635 g/mol. The molecule has 248 valence electrons. The van der Waals surface area contributed by atoms with E-state index >= 15 is 0 Å². The number of ether oxygens (including phenoxy) is 1. The van der Waals surface area contributed by atoms with Crippen LogP contribution >= 0.6 is 0 Å². The topological polar surface area (TPSA) is 156 Å². The summed E-state index contributed by atoms with van der Waals surface area (Å²) in [5.74, 6) is -2.39. The van der Waals surface area contributed by atoms with E-state index in [2.05, 4.69) is 17.2 Å². The second-order valence-electron chi connectivity index (χ2n) is 13.9. The van der Waals surface area contributed by atoms with Gasteiger partial charge >= 0.3 is 12.1 Å². The lowest BCUT2D eigenvalue weighted by Gasteiger charge is -2.30. The zero-order valence-corrected chi connectivity index (χ0v) is 27.5. The Labute approximate surface area is 269 Å². The first-order valence-electron chi connectivity index (χ1n) is 16.2. The number of aryl methyl sites for hydroxylation is 1. The van der Waals surface area contributed by atoms with Crippen molar-refractivity contribution in [3.8, 4) is 0 Å². The van der Waals surface area contributed by atoms with Gasteiger partial charge in [-0.3, -0.25) is 9.59 Å². The van der Waals surface area contributed by atoms with Gasteiger partial charge in [0.2, 0.25) is 11.8 Å². The molecule has 5 atom stereocenters. The lowest BCUT2D eigenvalue weighted by molar-refractivity contribution is -0.145. The van der Waals surface area contributed by atoms with Gasteiger partial charge in [-0.25, -0.2) is 9.59 Å². The van der Waals surface area contributed by atoms with Gasteiger partial charge in [-0.05, 0) is 89.5 Å². The van der Waals surface area contributed by atoms with Crippen LogP contribution in [0.3, 0.4) is 0 Å². The molecule has 1 saturated carbocycles. The summed E-state index contributed by atoms with van der Waals surface area (Å²) in [7, 11) is 0. The van der Waals surface area contributed by atoms with Crippen molar-refractivity contribution in [1.82, 2.24) is 30.5 Å². The van der Waals surface area contributed by atoms with Gasteiger partial charge in [0.1, 0.15) is 34.3 Å². The van der Waals surface area contributed by atoms with Crippen molar-refractivity contribution in [2.45, 2.75) is 115 Å². The first kappa shape index (κ1) is 33.2. The molecule has 3 N–H and O–H groups in total. The normalized spacial score (nSPS) is 27.9. The van der Waals surface area contributed by atoms with E-state index in [9.17, 15) is 24.3 Å². The van der Waals surface area contributed by atoms with Gasteiger partial charge in [-0.15, -0.1) is 6.58 Å². The number of hydrogen-bond donors (Lipinski definition) is 3. The number of allylic oxidation sites excluding steroid dienone is 2. The van der Waals surface area contributed by atoms with Crippen LogP contribution in [0, 0.1) is 19.8 Å². The maximum Gasteiger partial charge on any atom is 0.408 e. The molecule has 4 unspecified atom stereocenters. The lowest BCUT2D eigenvalue weighted by Crippen LogP contribution is -2.56. The number of alkyl carbamates (subject to hydrolysis) is 1. The molecule has 2 aromatic rings. The van der Waals surface area contributed by atoms with Gasteiger partial charge in [0.05, 0.1) is 6.04 Å². The first-order valence-corrected chi connectivity index (χ1v) is 16.2. The standard InChI is InChI=1S/C34H46N6O6/c1-7-13-22-16-26-28(21(3)20(22)2)38-40(37-26)24-17-27-29(41)36-34(31(43)44)18-23(34)14-11-9-8-10-12-15-25(30(42)39(27)19-24)35-32(45)46-33(4,5)6/h7,11,14,16,23-25,27H,1,8-10,12-13,15,17-19H2,2-6H3,(H,35,45)(H,36,41)(H,43,44)/b14-11-/t23?,24-,25?,27?,34?/m1/s1. The Hall–Kier alpha value is -4.22. The summed E-state index contributed by atoms with van der Waals surface area (Å²) in [6.45, 7) is 13.3. The molecule has 2 fully saturated rings. The van der Waals surface area contributed by atoms with Crippen LogP contribution in [0.25, 0.3) is 11.0 Å². The van der Waals surface area contributed by atoms with E-state index in [1.165, 1.54) is 4.90 Å². The zero-order chi connectivity index (χ0) is 33.4. The number of carboxylic acid groups (broad SMARTS) is 1. The van der Waals surface area contributed by atoms with Crippen LogP contribution < -0.4 is 10.6 Å². The van der Waals surface area contributed by atoms with Crippen molar-refractivity contribution in [3.05, 3.63) is 47.6 Å². The van der Waals surface area contributed by atoms with E-state index in [0.717, 1.165) is 41.5 Å². The maximum atomic E-state index is 14.3. The van der Waals surface area contributed by atoms with Crippen LogP contribution in [-0.2, 0) is 25.5 Å². The van der Waals surface area contributed by atoms with Crippen LogP contribution in [0.1, 0.15) is 88.4 Å². The zero-order valence-electron chi connectivity index (χ0n) is 27.5. The second-order valence-corrected chi connectivity index (χ2v) is 13.9. The van der Waals surface area contributed by atoms with Gasteiger partial charge in [-0.1, -0.05) is 31.1 Å². The Bertz CT molecular complexity index is 1570. The molecule has 46 heavy (non-hydrogen) atoms. The predicted octanol–water partition coefficient (Wildman–Crippen LogP) is 4.29. The Kier molecular flexibility index (Phi) is 9.28. The number of nitrogens with one attached hydrogen (secondary N) is 2. The second kappa shape index (κ2) is 12.9. The third-order valence-corrected chi connectivity index (χ3v) is 9.38. The highest BCUT2D eigenvalue weighted by atomic mass is 16.6. The average Bonchev–Trinajstić information content (AvgIpc) is 3.28. The highest BCUT2D eigenvalue weighted by Gasteiger charge is 2.61. The van der Waals surface area contributed by atoms with Crippen molar-refractivity contribution in [3.63, 3.8) is 0 Å². The van der Waals surface area contributed by atoms with Crippen molar-refractivity contribution in [1.29, 1.82) is 0 Å². The summed E-state index contributed by atoms with van der Waals surface area (Å²) < 4.78 is 5.47. The molecule has 1 aliphatic carbocycles. The molecule has 0 spiro atoms. The molecule has 3 aliphatic rings. The van der Waals surface area contributed by atoms with Crippen LogP contribution in [0.5, 0.6) is 0 Å². The number of aromatic nitrogens is 3. The fraction of sp³-hybridized carbons (Fsp3) is 0.588. The van der Waals surface area contributed by atoms with Gasteiger partial charge < -0.3 is 25.4 Å². The van der Waals surface area contributed by atoms with Gasteiger partial charge in [-0.2, -0.15) is 15.0 Å². The quantitative estimate of drug-likeness (QED) is 0.412. The predicted molar refractivity (Wildman–Crippen MR) is 172 cm³/mol. The molecule has 12 nitrogen and oxygen atoms in total. The van der Waals surface area contributed by atoms with E-state index in [0.29, 0.717) is 24.8 Å². The molecule has 1 aromatic heterocycles. The molecule has 1 saturated heterocycles. The van der Waals surface area contributed by atoms with Crippen LogP contribution in [0.15, 0.2) is 30.9 Å². The first-order chi connectivity index (χ1) is 21.7. The van der Waals surface area contributed by atoms with Gasteiger partial charge in [0.15, 0.2) is 0 Å². The molecule has 3 amide bonds. The van der Waals surface area contributed by atoms with Crippen molar-refractivity contribution < 1.29 is 29.0 Å². The smallest absolute Gasteiger partial charge is 0.408 e. The fourth-order valence-electron chi connectivity index (χ4n) is 6.62. The summed E-state index contributed by atoms with van der Waals surface area (Å²) in [6.07, 6.45) is 9.62. The summed E-state index contributed by atoms with van der Waals surface area (Å²) in [5, 5.41) is 25.3. The molecule has 5 rings (SSSR count). The van der Waals surface area contributed by atoms with Crippen molar-refractivity contribution in [2.75, 3.05) is 6.54 Å². The number of carboxylic acids is 1. The number of amides is 3. The minimum Gasteiger partial charge on any atom is -0.479 e. The van der Waals surface area contributed by atoms with Crippen LogP contribution in [0.4, 0.5) is 4.79 Å². The third kappa shape index (κ3) is 6.80. The van der Waals surface area contributed by atoms with Gasteiger partial charge in [0, 0.05) is 18.9 Å². The van der Waals surface area contributed by atoms with E-state index in [-0.39, 0.29) is 25.3 Å². The summed E-state index contributed by atoms with van der Waals surface area (Å²) in [6, 6.07) is -0.373. The molecule has 12 heteroatoms. The number of nitrogens with zero attached hydrogens (tertiary/aromatic N) is 4. The van der Waals surface area contributed by atoms with Gasteiger partial charge in [0.25, 0.3) is 0 Å². The van der Waals surface area contributed by atoms with Crippen molar-refractivity contribution in [2.24, 2.45) is 5.92 Å². The van der Waals surface area contributed by atoms with Crippen LogP contribution in [-0.4, -0.2) is 78.6 Å². The minimum absolute atomic E-state index is 0.116. The van der Waals surface area contributed by atoms with E-state index < -0.39 is 53.1 Å². The number of benzene rings is 1. The highest BCUT2D eigenvalue weighted by Crippen LogP contribution is 2.45. The summed E-state index contributed by atoms with van der Waals surface area (Å²) in [4.78, 5) is 56.5. The Morgan fingerprint density at radius 1 is 1.20 bits per heavy atom. The highest BCUT2D eigenvalue weighted by molar-refractivity contribution is 5.96. The summed E-state index contributed by atoms with van der Waals surface area (Å²) in [5.41, 5.74) is 2.49. The molecule has 0 bridgehead atoms. The Morgan fingerprint density at radius 3 is 2.65 bits per heavy atom. The monoisotopic (exact) mass is 634 g/mol.